The van der Waals surface area contributed by atoms with Gasteiger partial charge in [-0.3, -0.25) is 0 Å². The van der Waals surface area contributed by atoms with Crippen LogP contribution in [0.3, 0.4) is 0 Å². The van der Waals surface area contributed by atoms with E-state index in [4.69, 9.17) is 4.74 Å². The van der Waals surface area contributed by atoms with Crippen molar-refractivity contribution in [1.29, 1.82) is 0 Å². The van der Waals surface area contributed by atoms with Crippen molar-refractivity contribution in [1.82, 2.24) is 4.98 Å². The number of rotatable bonds is 4. The number of nitrogens with one attached hydrogen (secondary N) is 1. The van der Waals surface area contributed by atoms with Crippen molar-refractivity contribution in [2.24, 2.45) is 0 Å². The first-order valence-electron chi connectivity index (χ1n) is 5.19. The van der Waals surface area contributed by atoms with Gasteiger partial charge in [-0.15, -0.1) is 0 Å². The van der Waals surface area contributed by atoms with Gasteiger partial charge in [-0.05, 0) is 22.0 Å². The van der Waals surface area contributed by atoms with E-state index in [2.05, 4.69) is 26.2 Å². The molecule has 2 rings (SSSR count). The molecule has 0 spiro atoms. The zero-order chi connectivity index (χ0) is 12.3. The van der Waals surface area contributed by atoms with Gasteiger partial charge in [0.1, 0.15) is 11.6 Å². The van der Waals surface area contributed by atoms with Crippen LogP contribution >= 0.6 is 15.9 Å². The van der Waals surface area contributed by atoms with Crippen LogP contribution in [-0.2, 0) is 4.74 Å². The third-order valence-electron chi connectivity index (χ3n) is 2.41. The van der Waals surface area contributed by atoms with Gasteiger partial charge in [0.05, 0.1) is 12.0 Å². The van der Waals surface area contributed by atoms with E-state index in [-0.39, 0.29) is 5.82 Å². The number of ether oxygens (including phenoxy) is 1. The molecule has 5 heteroatoms. The van der Waals surface area contributed by atoms with Gasteiger partial charge in [0.25, 0.3) is 0 Å². The zero-order valence-electron chi connectivity index (χ0n) is 9.34. The highest BCUT2D eigenvalue weighted by Crippen LogP contribution is 2.29. The highest BCUT2D eigenvalue weighted by Gasteiger charge is 2.09. The molecule has 0 aliphatic carbocycles. The Labute approximate surface area is 107 Å². The minimum Gasteiger partial charge on any atom is -0.383 e. The number of fused-ring (bicyclic) bond motifs is 1. The Morgan fingerprint density at radius 1 is 1.47 bits per heavy atom. The number of nitrogens with zero attached hydrogens (tertiary/aromatic N) is 1. The van der Waals surface area contributed by atoms with Gasteiger partial charge in [-0.2, -0.15) is 0 Å². The summed E-state index contributed by atoms with van der Waals surface area (Å²) in [6.07, 6.45) is 1.66. The number of anilines is 1. The summed E-state index contributed by atoms with van der Waals surface area (Å²) in [6, 6.07) is 4.96. The molecule has 17 heavy (non-hydrogen) atoms. The second kappa shape index (κ2) is 5.42. The number of pyridine rings is 1. The average molecular weight is 299 g/mol. The summed E-state index contributed by atoms with van der Waals surface area (Å²) < 4.78 is 19.5. The van der Waals surface area contributed by atoms with Gasteiger partial charge >= 0.3 is 0 Å². The minimum atomic E-state index is -0.281. The molecule has 3 nitrogen and oxygen atoms in total. The molecule has 0 saturated carbocycles. The lowest BCUT2D eigenvalue weighted by molar-refractivity contribution is 0.210. The maximum absolute atomic E-state index is 13.8. The quantitative estimate of drug-likeness (QED) is 0.880. The number of hydrogen-bond acceptors (Lipinski definition) is 3. The molecular weight excluding hydrogens is 287 g/mol. The summed E-state index contributed by atoms with van der Waals surface area (Å²) in [7, 11) is 1.62. The van der Waals surface area contributed by atoms with E-state index in [0.717, 1.165) is 9.86 Å². The normalized spacial score (nSPS) is 10.8. The van der Waals surface area contributed by atoms with Gasteiger partial charge in [0.2, 0.25) is 0 Å². The highest BCUT2D eigenvalue weighted by molar-refractivity contribution is 9.10. The monoisotopic (exact) mass is 298 g/mol. The molecule has 0 bridgehead atoms. The molecule has 2 aromatic rings. The van der Waals surface area contributed by atoms with Crippen molar-refractivity contribution in [3.63, 3.8) is 0 Å². The van der Waals surface area contributed by atoms with Crippen LogP contribution in [0.25, 0.3) is 10.8 Å². The first kappa shape index (κ1) is 12.3. The summed E-state index contributed by atoms with van der Waals surface area (Å²) in [6.45, 7) is 1.14. The van der Waals surface area contributed by atoms with Crippen molar-refractivity contribution in [3.8, 4) is 0 Å². The molecule has 0 amide bonds. The van der Waals surface area contributed by atoms with Crippen LogP contribution in [0.2, 0.25) is 0 Å². The summed E-state index contributed by atoms with van der Waals surface area (Å²) in [5.41, 5.74) is 0. The Morgan fingerprint density at radius 3 is 3.06 bits per heavy atom. The molecule has 0 aliphatic rings. The maximum Gasteiger partial charge on any atom is 0.136 e. The Bertz CT molecular complexity index is 533. The van der Waals surface area contributed by atoms with Crippen molar-refractivity contribution in [2.45, 2.75) is 0 Å². The SMILES string of the molecule is COCCNc1ncc(Br)c2cccc(F)c12. The van der Waals surface area contributed by atoms with E-state index >= 15 is 0 Å². The number of hydrogen-bond donors (Lipinski definition) is 1. The molecule has 0 saturated heterocycles. The van der Waals surface area contributed by atoms with Gasteiger partial charge < -0.3 is 10.1 Å². The van der Waals surface area contributed by atoms with E-state index in [9.17, 15) is 4.39 Å². The second-order valence-electron chi connectivity index (χ2n) is 3.54. The predicted molar refractivity (Wildman–Crippen MR) is 69.8 cm³/mol. The van der Waals surface area contributed by atoms with Gasteiger partial charge in [-0.25, -0.2) is 9.37 Å². The highest BCUT2D eigenvalue weighted by atomic mass is 79.9. The van der Waals surface area contributed by atoms with E-state index in [1.807, 2.05) is 6.07 Å². The molecule has 1 aromatic heterocycles. The Hall–Kier alpha value is -1.20. The van der Waals surface area contributed by atoms with Crippen LogP contribution in [0.1, 0.15) is 0 Å². The Balaban J connectivity index is 2.45. The van der Waals surface area contributed by atoms with Gasteiger partial charge in [0, 0.05) is 29.7 Å². The smallest absolute Gasteiger partial charge is 0.136 e. The third-order valence-corrected chi connectivity index (χ3v) is 3.05. The standard InChI is InChI=1S/C12H12BrFN2O/c1-17-6-5-15-12-11-8(9(13)7-16-12)3-2-4-10(11)14/h2-4,7H,5-6H2,1H3,(H,15,16). The van der Waals surface area contributed by atoms with Crippen LogP contribution in [0.5, 0.6) is 0 Å². The molecule has 0 fully saturated rings. The lowest BCUT2D eigenvalue weighted by Gasteiger charge is -2.10. The summed E-state index contributed by atoms with van der Waals surface area (Å²) in [5.74, 6) is 0.259. The molecule has 0 unspecified atom stereocenters. The van der Waals surface area contributed by atoms with Gasteiger partial charge in [0.15, 0.2) is 0 Å². The van der Waals surface area contributed by atoms with Crippen molar-refractivity contribution in [3.05, 3.63) is 34.7 Å². The van der Waals surface area contributed by atoms with E-state index in [1.165, 1.54) is 6.07 Å². The number of methoxy groups -OCH3 is 1. The number of halogens is 2. The molecule has 1 aromatic carbocycles. The Morgan fingerprint density at radius 2 is 2.29 bits per heavy atom. The van der Waals surface area contributed by atoms with Crippen molar-refractivity contribution >= 4 is 32.5 Å². The molecular formula is C12H12BrFN2O. The topological polar surface area (TPSA) is 34.1 Å². The van der Waals surface area contributed by atoms with E-state index in [0.29, 0.717) is 24.4 Å². The molecule has 0 atom stereocenters. The molecule has 0 aliphatic heterocycles. The fourth-order valence-corrected chi connectivity index (χ4v) is 2.06. The zero-order valence-corrected chi connectivity index (χ0v) is 10.9. The fraction of sp³-hybridized carbons (Fsp3) is 0.250. The molecule has 1 N–H and O–H groups in total. The fourth-order valence-electron chi connectivity index (χ4n) is 1.62. The van der Waals surface area contributed by atoms with Crippen LogP contribution in [0.15, 0.2) is 28.9 Å². The average Bonchev–Trinajstić information content (AvgIpc) is 2.33. The maximum atomic E-state index is 13.8. The minimum absolute atomic E-state index is 0.281. The third kappa shape index (κ3) is 2.56. The van der Waals surface area contributed by atoms with E-state index in [1.54, 1.807) is 19.4 Å². The first-order valence-corrected chi connectivity index (χ1v) is 5.99. The molecule has 90 valence electrons. The first-order chi connectivity index (χ1) is 8.24. The number of benzene rings is 1. The van der Waals surface area contributed by atoms with Crippen molar-refractivity contribution in [2.75, 3.05) is 25.6 Å². The largest absolute Gasteiger partial charge is 0.383 e. The summed E-state index contributed by atoms with van der Waals surface area (Å²) >= 11 is 3.37. The van der Waals surface area contributed by atoms with Crippen molar-refractivity contribution < 1.29 is 9.13 Å². The summed E-state index contributed by atoms with van der Waals surface area (Å²) in [4.78, 5) is 4.19. The van der Waals surface area contributed by atoms with Gasteiger partial charge in [-0.1, -0.05) is 12.1 Å². The lowest BCUT2D eigenvalue weighted by atomic mass is 10.1. The van der Waals surface area contributed by atoms with Crippen LogP contribution < -0.4 is 5.32 Å². The van der Waals surface area contributed by atoms with Crippen LogP contribution in [-0.4, -0.2) is 25.2 Å². The molecule has 1 heterocycles. The number of aromatic nitrogens is 1. The predicted octanol–water partition coefficient (Wildman–Crippen LogP) is 3.19. The molecule has 0 radical (unpaired) electrons. The van der Waals surface area contributed by atoms with E-state index < -0.39 is 0 Å². The second-order valence-corrected chi connectivity index (χ2v) is 4.39. The lowest BCUT2D eigenvalue weighted by Crippen LogP contribution is -2.09. The Kier molecular flexibility index (Phi) is 3.91. The van der Waals surface area contributed by atoms with Crippen LogP contribution in [0, 0.1) is 5.82 Å². The summed E-state index contributed by atoms with van der Waals surface area (Å²) in [5, 5.41) is 4.36. The van der Waals surface area contributed by atoms with Crippen LogP contribution in [0.4, 0.5) is 10.2 Å².